The topological polar surface area (TPSA) is 113 Å². The number of carbonyl (C=O) groups excluding carboxylic acids is 1. The van der Waals surface area contributed by atoms with Crippen molar-refractivity contribution in [2.75, 3.05) is 0 Å². The fourth-order valence-electron chi connectivity index (χ4n) is 1.66. The molecule has 0 radical (unpaired) electrons. The second-order valence-electron chi connectivity index (χ2n) is 4.48. The maximum absolute atomic E-state index is 11.6. The van der Waals surface area contributed by atoms with E-state index in [9.17, 15) is 14.9 Å². The summed E-state index contributed by atoms with van der Waals surface area (Å²) in [4.78, 5) is 21.8. The Bertz CT molecular complexity index is 797. The zero-order valence-electron chi connectivity index (χ0n) is 12.0. The predicted molar refractivity (Wildman–Crippen MR) is 86.4 cm³/mol. The molecule has 0 saturated carbocycles. The summed E-state index contributed by atoms with van der Waals surface area (Å²) in [5.74, 6) is -0.443. The van der Waals surface area contributed by atoms with Gasteiger partial charge in [0.15, 0.2) is 5.69 Å². The highest BCUT2D eigenvalue weighted by atomic mass is 35.5. The molecule has 1 heterocycles. The summed E-state index contributed by atoms with van der Waals surface area (Å²) < 4.78 is 0. The molecule has 118 valence electrons. The van der Waals surface area contributed by atoms with Crippen molar-refractivity contribution in [2.24, 2.45) is 5.10 Å². The summed E-state index contributed by atoms with van der Waals surface area (Å²) in [6.45, 7) is 1.78. The van der Waals surface area contributed by atoms with Gasteiger partial charge in [0.25, 0.3) is 11.6 Å². The summed E-state index contributed by atoms with van der Waals surface area (Å²) >= 11 is 5.72. The molecule has 0 fully saturated rings. The second-order valence-corrected chi connectivity index (χ2v) is 4.89. The van der Waals surface area contributed by atoms with Gasteiger partial charge in [-0.2, -0.15) is 10.2 Å². The highest BCUT2D eigenvalue weighted by molar-refractivity contribution is 6.32. The predicted octanol–water partition coefficient (Wildman–Crippen LogP) is 2.71. The number of nitrogens with one attached hydrogen (secondary N) is 2. The fourth-order valence-corrected chi connectivity index (χ4v) is 1.84. The Hall–Kier alpha value is -3.00. The fraction of sp³-hybridized carbons (Fsp3) is 0.0714. The van der Waals surface area contributed by atoms with Crippen molar-refractivity contribution in [3.63, 3.8) is 0 Å². The van der Waals surface area contributed by atoms with E-state index in [4.69, 9.17) is 11.6 Å². The van der Waals surface area contributed by atoms with Gasteiger partial charge < -0.3 is 0 Å². The Morgan fingerprint density at radius 1 is 1.48 bits per heavy atom. The molecule has 2 rings (SSSR count). The van der Waals surface area contributed by atoms with E-state index in [-0.39, 0.29) is 16.4 Å². The lowest BCUT2D eigenvalue weighted by molar-refractivity contribution is -0.384. The number of allylic oxidation sites excluding steroid dienone is 1. The molecule has 2 N–H and O–H groups in total. The number of nitro groups is 1. The van der Waals surface area contributed by atoms with Crippen LogP contribution in [0.2, 0.25) is 5.02 Å². The molecule has 0 aliphatic rings. The molecule has 2 aromatic rings. The van der Waals surface area contributed by atoms with Gasteiger partial charge in [0, 0.05) is 18.0 Å². The van der Waals surface area contributed by atoms with Crippen LogP contribution >= 0.6 is 11.6 Å². The number of aromatic amines is 1. The number of hydrazone groups is 1. The number of hydrogen-bond donors (Lipinski definition) is 2. The van der Waals surface area contributed by atoms with E-state index in [1.165, 1.54) is 24.4 Å². The summed E-state index contributed by atoms with van der Waals surface area (Å²) in [7, 11) is 0. The van der Waals surface area contributed by atoms with E-state index in [0.717, 1.165) is 5.69 Å². The molecule has 0 spiro atoms. The maximum Gasteiger partial charge on any atom is 0.291 e. The number of carbonyl (C=O) groups is 1. The van der Waals surface area contributed by atoms with Crippen molar-refractivity contribution in [3.8, 4) is 0 Å². The van der Waals surface area contributed by atoms with Crippen LogP contribution in [0.1, 0.15) is 21.7 Å². The van der Waals surface area contributed by atoms with Crippen LogP contribution < -0.4 is 5.43 Å². The van der Waals surface area contributed by atoms with Crippen LogP contribution in [0.5, 0.6) is 0 Å². The SMILES string of the molecule is Cc1cc(C(=O)N/N=C\C=C\c2ccc(Cl)c([N+](=O)[O-])c2)n[nH]1. The van der Waals surface area contributed by atoms with Crippen molar-refractivity contribution in [1.82, 2.24) is 15.6 Å². The van der Waals surface area contributed by atoms with Crippen LogP contribution in [-0.2, 0) is 0 Å². The molecule has 8 nitrogen and oxygen atoms in total. The van der Waals surface area contributed by atoms with Crippen LogP contribution in [0, 0.1) is 17.0 Å². The van der Waals surface area contributed by atoms with Gasteiger partial charge in [-0.15, -0.1) is 0 Å². The van der Waals surface area contributed by atoms with E-state index in [2.05, 4.69) is 20.7 Å². The van der Waals surface area contributed by atoms with Crippen molar-refractivity contribution in [2.45, 2.75) is 6.92 Å². The second kappa shape index (κ2) is 7.32. The molecule has 0 bridgehead atoms. The van der Waals surface area contributed by atoms with Crippen LogP contribution in [0.4, 0.5) is 5.69 Å². The van der Waals surface area contributed by atoms with E-state index < -0.39 is 10.8 Å². The highest BCUT2D eigenvalue weighted by Gasteiger charge is 2.11. The van der Waals surface area contributed by atoms with Gasteiger partial charge in [-0.05, 0) is 30.7 Å². The molecule has 1 amide bonds. The number of benzene rings is 1. The number of nitrogens with zero attached hydrogens (tertiary/aromatic N) is 3. The maximum atomic E-state index is 11.6. The molecule has 9 heteroatoms. The van der Waals surface area contributed by atoms with Gasteiger partial charge in [0.2, 0.25) is 0 Å². The molecule has 23 heavy (non-hydrogen) atoms. The molecular weight excluding hydrogens is 322 g/mol. The summed E-state index contributed by atoms with van der Waals surface area (Å²) in [6, 6.07) is 6.01. The van der Waals surface area contributed by atoms with Crippen molar-refractivity contribution in [1.29, 1.82) is 0 Å². The molecule has 0 aliphatic carbocycles. The minimum absolute atomic E-state index is 0.0716. The summed E-state index contributed by atoms with van der Waals surface area (Å²) in [6.07, 6.45) is 4.47. The Morgan fingerprint density at radius 3 is 2.91 bits per heavy atom. The Morgan fingerprint density at radius 2 is 2.26 bits per heavy atom. The van der Waals surface area contributed by atoms with E-state index in [1.54, 1.807) is 25.1 Å². The first-order chi connectivity index (χ1) is 11.0. The number of amides is 1. The van der Waals surface area contributed by atoms with Crippen LogP contribution in [0.25, 0.3) is 6.08 Å². The third-order valence-corrected chi connectivity index (χ3v) is 3.04. The minimum atomic E-state index is -0.556. The zero-order chi connectivity index (χ0) is 16.8. The number of H-pyrrole nitrogens is 1. The first-order valence-corrected chi connectivity index (χ1v) is 6.81. The normalized spacial score (nSPS) is 11.2. The summed E-state index contributed by atoms with van der Waals surface area (Å²) in [5, 5.41) is 21.0. The highest BCUT2D eigenvalue weighted by Crippen LogP contribution is 2.25. The zero-order valence-corrected chi connectivity index (χ0v) is 12.7. The average Bonchev–Trinajstić information content (AvgIpc) is 2.94. The average molecular weight is 334 g/mol. The third-order valence-electron chi connectivity index (χ3n) is 2.72. The first kappa shape index (κ1) is 16.4. The van der Waals surface area contributed by atoms with Crippen molar-refractivity contribution >= 4 is 35.5 Å². The van der Waals surface area contributed by atoms with Crippen LogP contribution in [0.15, 0.2) is 35.4 Å². The third kappa shape index (κ3) is 4.48. The summed E-state index contributed by atoms with van der Waals surface area (Å²) in [5.41, 5.74) is 3.72. The van der Waals surface area contributed by atoms with Gasteiger partial charge in [0.1, 0.15) is 5.02 Å². The van der Waals surface area contributed by atoms with Gasteiger partial charge in [-0.1, -0.05) is 23.7 Å². The van der Waals surface area contributed by atoms with Gasteiger partial charge in [0.05, 0.1) is 4.92 Å². The molecule has 1 aromatic carbocycles. The van der Waals surface area contributed by atoms with Crippen molar-refractivity contribution in [3.05, 3.63) is 62.4 Å². The van der Waals surface area contributed by atoms with Crippen LogP contribution in [0.3, 0.4) is 0 Å². The first-order valence-electron chi connectivity index (χ1n) is 6.43. The van der Waals surface area contributed by atoms with Crippen LogP contribution in [-0.4, -0.2) is 27.2 Å². The van der Waals surface area contributed by atoms with Crippen molar-refractivity contribution < 1.29 is 9.72 Å². The van der Waals surface area contributed by atoms with Gasteiger partial charge in [-0.3, -0.25) is 20.0 Å². The number of nitro benzene ring substituents is 1. The molecule has 0 saturated heterocycles. The molecular formula is C14H12ClN5O3. The number of hydrogen-bond acceptors (Lipinski definition) is 5. The number of halogens is 1. The lowest BCUT2D eigenvalue weighted by Gasteiger charge is -1.96. The lowest BCUT2D eigenvalue weighted by atomic mass is 10.2. The monoisotopic (exact) mass is 333 g/mol. The van der Waals surface area contributed by atoms with E-state index >= 15 is 0 Å². The van der Waals surface area contributed by atoms with E-state index in [1.807, 2.05) is 0 Å². The standard InChI is InChI=1S/C14H12ClN5O3/c1-9-7-12(18-17-9)14(21)19-16-6-2-3-10-4-5-11(15)13(8-10)20(22)23/h2-8H,1H3,(H,17,18)(H,19,21)/b3-2+,16-6-. The Labute approximate surface area is 136 Å². The largest absolute Gasteiger partial charge is 0.291 e. The molecule has 0 unspecified atom stereocenters. The van der Waals surface area contributed by atoms with Gasteiger partial charge >= 0.3 is 0 Å². The molecule has 0 atom stereocenters. The quantitative estimate of drug-likeness (QED) is 0.497. The van der Waals surface area contributed by atoms with E-state index in [0.29, 0.717) is 5.56 Å². The Balaban J connectivity index is 1.95. The Kier molecular flexibility index (Phi) is 5.21. The number of rotatable bonds is 5. The lowest BCUT2D eigenvalue weighted by Crippen LogP contribution is -2.17. The smallest absolute Gasteiger partial charge is 0.282 e. The molecule has 1 aromatic heterocycles. The number of aryl methyl sites for hydroxylation is 1. The minimum Gasteiger partial charge on any atom is -0.282 e. The number of aromatic nitrogens is 2. The molecule has 0 aliphatic heterocycles. The van der Waals surface area contributed by atoms with Gasteiger partial charge in [-0.25, -0.2) is 5.43 Å².